The van der Waals surface area contributed by atoms with Crippen molar-refractivity contribution in [2.45, 2.75) is 39.2 Å². The Bertz CT molecular complexity index is 306. The molecule has 0 bridgehead atoms. The molecule has 1 aromatic rings. The van der Waals surface area contributed by atoms with Crippen LogP contribution < -0.4 is 5.32 Å². The van der Waals surface area contributed by atoms with Crippen molar-refractivity contribution in [2.24, 2.45) is 5.92 Å². The summed E-state index contributed by atoms with van der Waals surface area (Å²) in [7, 11) is 0. The van der Waals surface area contributed by atoms with Gasteiger partial charge in [0, 0.05) is 12.7 Å². The molecule has 1 aliphatic rings. The lowest BCUT2D eigenvalue weighted by molar-refractivity contribution is 0.601. The van der Waals surface area contributed by atoms with Gasteiger partial charge in [0.1, 0.15) is 0 Å². The van der Waals surface area contributed by atoms with Gasteiger partial charge in [-0.3, -0.25) is 4.68 Å². The average Bonchev–Trinajstić information content (AvgIpc) is 2.87. The molecule has 0 saturated heterocycles. The van der Waals surface area contributed by atoms with E-state index in [2.05, 4.69) is 35.1 Å². The van der Waals surface area contributed by atoms with E-state index in [1.807, 2.05) is 6.20 Å². The molecule has 84 valence electrons. The van der Waals surface area contributed by atoms with Crippen LogP contribution in [-0.4, -0.2) is 22.9 Å². The van der Waals surface area contributed by atoms with Crippen molar-refractivity contribution in [3.8, 4) is 0 Å². The fourth-order valence-corrected chi connectivity index (χ4v) is 2.13. The Labute approximate surface area is 91.9 Å². The van der Waals surface area contributed by atoms with Crippen molar-refractivity contribution in [1.29, 1.82) is 0 Å². The van der Waals surface area contributed by atoms with Crippen molar-refractivity contribution in [3.05, 3.63) is 18.0 Å². The Morgan fingerprint density at radius 1 is 1.53 bits per heavy atom. The SMILES string of the molecule is CCCn1cc(C2CC2CNCC)cn1. The average molecular weight is 207 g/mol. The molecule has 3 nitrogen and oxygen atoms in total. The lowest BCUT2D eigenvalue weighted by Crippen LogP contribution is -2.16. The first-order chi connectivity index (χ1) is 7.35. The highest BCUT2D eigenvalue weighted by atomic mass is 15.3. The van der Waals surface area contributed by atoms with Crippen LogP contribution in [0.3, 0.4) is 0 Å². The molecule has 1 N–H and O–H groups in total. The molecule has 2 rings (SSSR count). The highest BCUT2D eigenvalue weighted by Crippen LogP contribution is 2.46. The van der Waals surface area contributed by atoms with E-state index in [0.717, 1.165) is 31.3 Å². The summed E-state index contributed by atoms with van der Waals surface area (Å²) in [5.74, 6) is 1.62. The molecule has 0 radical (unpaired) electrons. The second-order valence-corrected chi connectivity index (χ2v) is 4.45. The van der Waals surface area contributed by atoms with Gasteiger partial charge >= 0.3 is 0 Å². The minimum atomic E-state index is 0.773. The fraction of sp³-hybridized carbons (Fsp3) is 0.750. The molecular formula is C12H21N3. The van der Waals surface area contributed by atoms with Gasteiger partial charge in [0.05, 0.1) is 6.20 Å². The van der Waals surface area contributed by atoms with Gasteiger partial charge in [0.15, 0.2) is 0 Å². The molecule has 2 unspecified atom stereocenters. The first kappa shape index (κ1) is 10.7. The van der Waals surface area contributed by atoms with Crippen LogP contribution in [0.15, 0.2) is 12.4 Å². The minimum Gasteiger partial charge on any atom is -0.317 e. The summed E-state index contributed by atoms with van der Waals surface area (Å²) in [4.78, 5) is 0. The molecule has 0 aliphatic heterocycles. The maximum atomic E-state index is 4.38. The van der Waals surface area contributed by atoms with Crippen LogP contribution in [-0.2, 0) is 6.54 Å². The third-order valence-corrected chi connectivity index (χ3v) is 3.11. The zero-order valence-corrected chi connectivity index (χ0v) is 9.74. The number of aryl methyl sites for hydroxylation is 1. The number of hydrogen-bond donors (Lipinski definition) is 1. The number of nitrogens with zero attached hydrogens (tertiary/aromatic N) is 2. The lowest BCUT2D eigenvalue weighted by atomic mass is 10.2. The summed E-state index contributed by atoms with van der Waals surface area (Å²) >= 11 is 0. The summed E-state index contributed by atoms with van der Waals surface area (Å²) in [5, 5.41) is 7.79. The molecule has 2 atom stereocenters. The van der Waals surface area contributed by atoms with E-state index in [4.69, 9.17) is 0 Å². The normalized spacial score (nSPS) is 24.4. The largest absolute Gasteiger partial charge is 0.317 e. The summed E-state index contributed by atoms with van der Waals surface area (Å²) < 4.78 is 2.07. The molecule has 0 spiro atoms. The van der Waals surface area contributed by atoms with Crippen LogP contribution in [0.5, 0.6) is 0 Å². The predicted molar refractivity (Wildman–Crippen MR) is 61.9 cm³/mol. The van der Waals surface area contributed by atoms with E-state index < -0.39 is 0 Å². The molecule has 3 heteroatoms. The Morgan fingerprint density at radius 3 is 3.13 bits per heavy atom. The maximum absolute atomic E-state index is 4.38. The van der Waals surface area contributed by atoms with E-state index in [0.29, 0.717) is 0 Å². The fourth-order valence-electron chi connectivity index (χ4n) is 2.13. The maximum Gasteiger partial charge on any atom is 0.0524 e. The standard InChI is InChI=1S/C12H21N3/c1-3-5-15-9-11(8-14-15)12-6-10(12)7-13-4-2/h8-10,12-13H,3-7H2,1-2H3. The van der Waals surface area contributed by atoms with Gasteiger partial charge in [0.25, 0.3) is 0 Å². The molecule has 1 heterocycles. The summed E-state index contributed by atoms with van der Waals surface area (Å²) in [5.41, 5.74) is 1.44. The Balaban J connectivity index is 1.84. The highest BCUT2D eigenvalue weighted by molar-refractivity contribution is 5.20. The first-order valence-electron chi connectivity index (χ1n) is 6.08. The summed E-state index contributed by atoms with van der Waals surface area (Å²) in [6.45, 7) is 7.64. The third-order valence-electron chi connectivity index (χ3n) is 3.11. The highest BCUT2D eigenvalue weighted by Gasteiger charge is 2.38. The lowest BCUT2D eigenvalue weighted by Gasteiger charge is -1.98. The minimum absolute atomic E-state index is 0.773. The zero-order chi connectivity index (χ0) is 10.7. The molecule has 1 aromatic heterocycles. The van der Waals surface area contributed by atoms with Crippen molar-refractivity contribution < 1.29 is 0 Å². The van der Waals surface area contributed by atoms with Crippen molar-refractivity contribution in [2.75, 3.05) is 13.1 Å². The summed E-state index contributed by atoms with van der Waals surface area (Å²) in [6.07, 6.45) is 6.77. The molecule has 1 saturated carbocycles. The molecule has 15 heavy (non-hydrogen) atoms. The Hall–Kier alpha value is -0.830. The van der Waals surface area contributed by atoms with Gasteiger partial charge in [-0.15, -0.1) is 0 Å². The summed E-state index contributed by atoms with van der Waals surface area (Å²) in [6, 6.07) is 0. The number of nitrogens with one attached hydrogen (secondary N) is 1. The van der Waals surface area contributed by atoms with Gasteiger partial charge in [-0.25, -0.2) is 0 Å². The van der Waals surface area contributed by atoms with Gasteiger partial charge in [-0.05, 0) is 43.3 Å². The van der Waals surface area contributed by atoms with Crippen LogP contribution in [0, 0.1) is 5.92 Å². The van der Waals surface area contributed by atoms with Crippen molar-refractivity contribution in [1.82, 2.24) is 15.1 Å². The number of aromatic nitrogens is 2. The van der Waals surface area contributed by atoms with E-state index in [1.54, 1.807) is 0 Å². The van der Waals surface area contributed by atoms with Gasteiger partial charge < -0.3 is 5.32 Å². The van der Waals surface area contributed by atoms with Crippen LogP contribution in [0.2, 0.25) is 0 Å². The van der Waals surface area contributed by atoms with Crippen molar-refractivity contribution in [3.63, 3.8) is 0 Å². The quantitative estimate of drug-likeness (QED) is 0.773. The van der Waals surface area contributed by atoms with E-state index in [-0.39, 0.29) is 0 Å². The first-order valence-corrected chi connectivity index (χ1v) is 6.08. The topological polar surface area (TPSA) is 29.9 Å². The zero-order valence-electron chi connectivity index (χ0n) is 9.74. The van der Waals surface area contributed by atoms with Crippen LogP contribution in [0.1, 0.15) is 38.2 Å². The molecular weight excluding hydrogens is 186 g/mol. The second-order valence-electron chi connectivity index (χ2n) is 4.45. The van der Waals surface area contributed by atoms with E-state index >= 15 is 0 Å². The van der Waals surface area contributed by atoms with Crippen molar-refractivity contribution >= 4 is 0 Å². The Kier molecular flexibility index (Phi) is 3.41. The number of rotatable bonds is 6. The second kappa shape index (κ2) is 4.79. The monoisotopic (exact) mass is 207 g/mol. The molecule has 1 aliphatic carbocycles. The van der Waals surface area contributed by atoms with E-state index in [1.165, 1.54) is 18.5 Å². The predicted octanol–water partition coefficient (Wildman–Crippen LogP) is 2.01. The van der Waals surface area contributed by atoms with Gasteiger partial charge in [-0.1, -0.05) is 13.8 Å². The van der Waals surface area contributed by atoms with Crippen LogP contribution in [0.4, 0.5) is 0 Å². The van der Waals surface area contributed by atoms with Crippen LogP contribution in [0.25, 0.3) is 0 Å². The number of hydrogen-bond acceptors (Lipinski definition) is 2. The molecule has 0 aromatic carbocycles. The van der Waals surface area contributed by atoms with Gasteiger partial charge in [0.2, 0.25) is 0 Å². The molecule has 1 fully saturated rings. The van der Waals surface area contributed by atoms with E-state index in [9.17, 15) is 0 Å². The van der Waals surface area contributed by atoms with Gasteiger partial charge in [-0.2, -0.15) is 5.10 Å². The molecule has 0 amide bonds. The van der Waals surface area contributed by atoms with Crippen LogP contribution >= 0.6 is 0 Å². The smallest absolute Gasteiger partial charge is 0.0524 e. The Morgan fingerprint density at radius 2 is 2.40 bits per heavy atom. The third kappa shape index (κ3) is 2.59.